The Kier molecular flexibility index (Phi) is 3.74. The van der Waals surface area contributed by atoms with E-state index in [2.05, 4.69) is 10.1 Å². The molecule has 0 fully saturated rings. The minimum atomic E-state index is -0.571. The van der Waals surface area contributed by atoms with Crippen LogP contribution in [0.5, 0.6) is 5.75 Å². The van der Waals surface area contributed by atoms with Crippen LogP contribution in [-0.2, 0) is 6.61 Å². The number of carbonyl (C=O) groups excluding carboxylic acids is 1. The van der Waals surface area contributed by atoms with Crippen molar-refractivity contribution in [2.45, 2.75) is 20.5 Å². The van der Waals surface area contributed by atoms with Crippen molar-refractivity contribution in [3.05, 3.63) is 45.6 Å². The Labute approximate surface area is 113 Å². The number of ether oxygens (including phenoxy) is 1. The third-order valence-corrected chi connectivity index (χ3v) is 2.48. The van der Waals surface area contributed by atoms with Crippen molar-refractivity contribution >= 4 is 11.5 Å². The lowest BCUT2D eigenvalue weighted by Crippen LogP contribution is -2.03. The van der Waals surface area contributed by atoms with Crippen LogP contribution in [0.1, 0.15) is 29.0 Å². The average molecular weight is 277 g/mol. The van der Waals surface area contributed by atoms with Crippen molar-refractivity contribution in [2.24, 2.45) is 0 Å². The second-order valence-corrected chi connectivity index (χ2v) is 4.01. The number of nitrogens with zero attached hydrogens (tertiary/aromatic N) is 3. The number of ketones is 1. The largest absolute Gasteiger partial charge is 0.485 e. The van der Waals surface area contributed by atoms with Gasteiger partial charge in [-0.2, -0.15) is 4.98 Å². The molecule has 104 valence electrons. The predicted molar refractivity (Wildman–Crippen MR) is 66.5 cm³/mol. The zero-order valence-corrected chi connectivity index (χ0v) is 10.8. The molecule has 8 nitrogen and oxygen atoms in total. The molecule has 0 N–H and O–H groups in total. The molecule has 0 aliphatic rings. The molecule has 2 aromatic rings. The molecule has 1 aromatic heterocycles. The maximum absolute atomic E-state index is 11.5. The van der Waals surface area contributed by atoms with E-state index in [1.807, 2.05) is 0 Å². The van der Waals surface area contributed by atoms with Crippen molar-refractivity contribution in [2.75, 3.05) is 0 Å². The molecule has 0 bridgehead atoms. The van der Waals surface area contributed by atoms with Crippen molar-refractivity contribution in [1.82, 2.24) is 10.1 Å². The highest BCUT2D eigenvalue weighted by atomic mass is 16.6. The molecule has 1 aromatic carbocycles. The molecule has 0 atom stereocenters. The summed E-state index contributed by atoms with van der Waals surface area (Å²) in [4.78, 5) is 25.6. The lowest BCUT2D eigenvalue weighted by molar-refractivity contribution is -0.384. The highest BCUT2D eigenvalue weighted by Crippen LogP contribution is 2.25. The minimum absolute atomic E-state index is 0.00936. The lowest BCUT2D eigenvalue weighted by atomic mass is 10.1. The van der Waals surface area contributed by atoms with E-state index in [4.69, 9.17) is 9.26 Å². The van der Waals surface area contributed by atoms with E-state index in [9.17, 15) is 14.9 Å². The van der Waals surface area contributed by atoms with Gasteiger partial charge in [-0.05, 0) is 13.0 Å². The van der Waals surface area contributed by atoms with Gasteiger partial charge < -0.3 is 9.26 Å². The predicted octanol–water partition coefficient (Wildman–Crippen LogP) is 2.07. The highest BCUT2D eigenvalue weighted by molar-refractivity contribution is 5.97. The smallest absolute Gasteiger partial charge is 0.270 e. The molecule has 2 rings (SSSR count). The van der Waals surface area contributed by atoms with Crippen LogP contribution < -0.4 is 4.74 Å². The Morgan fingerprint density at radius 2 is 2.25 bits per heavy atom. The number of benzene rings is 1. The van der Waals surface area contributed by atoms with Gasteiger partial charge in [0.05, 0.1) is 10.5 Å². The summed E-state index contributed by atoms with van der Waals surface area (Å²) < 4.78 is 10.2. The van der Waals surface area contributed by atoms with Crippen molar-refractivity contribution in [1.29, 1.82) is 0 Å². The molecular formula is C12H11N3O5. The van der Waals surface area contributed by atoms with E-state index in [1.54, 1.807) is 6.92 Å². The summed E-state index contributed by atoms with van der Waals surface area (Å²) in [5.74, 6) is 0.646. The first-order chi connectivity index (χ1) is 9.47. The van der Waals surface area contributed by atoms with E-state index >= 15 is 0 Å². The summed E-state index contributed by atoms with van der Waals surface area (Å²) in [5, 5.41) is 14.3. The Balaban J connectivity index is 2.22. The summed E-state index contributed by atoms with van der Waals surface area (Å²) in [6.45, 7) is 2.96. The summed E-state index contributed by atoms with van der Waals surface area (Å²) in [6.07, 6.45) is 0. The highest BCUT2D eigenvalue weighted by Gasteiger charge is 2.15. The van der Waals surface area contributed by atoms with Crippen LogP contribution in [0.4, 0.5) is 5.69 Å². The quantitative estimate of drug-likeness (QED) is 0.467. The molecule has 0 saturated carbocycles. The van der Waals surface area contributed by atoms with Gasteiger partial charge in [-0.25, -0.2) is 0 Å². The van der Waals surface area contributed by atoms with E-state index in [0.717, 1.165) is 0 Å². The molecular weight excluding hydrogens is 266 g/mol. The van der Waals surface area contributed by atoms with Crippen molar-refractivity contribution < 1.29 is 19.0 Å². The number of aryl methyl sites for hydroxylation is 1. The number of Topliss-reactive ketones (excluding diaryl/α,β-unsaturated/α-hetero) is 1. The van der Waals surface area contributed by atoms with Crippen LogP contribution in [0, 0.1) is 17.0 Å². The summed E-state index contributed by atoms with van der Waals surface area (Å²) in [5.41, 5.74) is -0.0302. The molecule has 0 spiro atoms. The molecule has 0 saturated heterocycles. The summed E-state index contributed by atoms with van der Waals surface area (Å²) in [7, 11) is 0. The van der Waals surface area contributed by atoms with Crippen LogP contribution in [-0.4, -0.2) is 20.8 Å². The summed E-state index contributed by atoms with van der Waals surface area (Å²) in [6, 6.07) is 3.82. The fraction of sp³-hybridized carbons (Fsp3) is 0.250. The Morgan fingerprint density at radius 3 is 2.80 bits per heavy atom. The number of nitro groups is 1. The first-order valence-electron chi connectivity index (χ1n) is 5.68. The molecule has 20 heavy (non-hydrogen) atoms. The topological polar surface area (TPSA) is 108 Å². The third-order valence-electron chi connectivity index (χ3n) is 2.48. The second-order valence-electron chi connectivity index (χ2n) is 4.01. The fourth-order valence-electron chi connectivity index (χ4n) is 1.57. The van der Waals surface area contributed by atoms with Crippen LogP contribution >= 0.6 is 0 Å². The van der Waals surface area contributed by atoms with Gasteiger partial charge in [0, 0.05) is 19.1 Å². The maximum Gasteiger partial charge on any atom is 0.270 e. The standard InChI is InChI=1S/C12H11N3O5/c1-7(16)10-5-9(15(17)18)3-4-11(10)19-6-12-13-8(2)20-14-12/h3-5H,6H2,1-2H3. The normalized spacial score (nSPS) is 10.3. The first kappa shape index (κ1) is 13.7. The van der Waals surface area contributed by atoms with Gasteiger partial charge in [0.1, 0.15) is 5.75 Å². The minimum Gasteiger partial charge on any atom is -0.485 e. The number of hydrogen-bond acceptors (Lipinski definition) is 7. The van der Waals surface area contributed by atoms with Crippen LogP contribution in [0.3, 0.4) is 0 Å². The molecule has 0 unspecified atom stereocenters. The maximum atomic E-state index is 11.5. The average Bonchev–Trinajstić information content (AvgIpc) is 2.81. The van der Waals surface area contributed by atoms with Crippen LogP contribution in [0.2, 0.25) is 0 Å². The summed E-state index contributed by atoms with van der Waals surface area (Å²) >= 11 is 0. The molecule has 0 radical (unpaired) electrons. The zero-order valence-electron chi connectivity index (χ0n) is 10.8. The van der Waals surface area contributed by atoms with Crippen molar-refractivity contribution in [3.8, 4) is 5.75 Å². The van der Waals surface area contributed by atoms with Crippen molar-refractivity contribution in [3.63, 3.8) is 0 Å². The lowest BCUT2D eigenvalue weighted by Gasteiger charge is -2.07. The SMILES string of the molecule is CC(=O)c1cc([N+](=O)[O-])ccc1OCc1noc(C)n1. The van der Waals surface area contributed by atoms with Crippen LogP contribution in [0.25, 0.3) is 0 Å². The first-order valence-corrected chi connectivity index (χ1v) is 5.68. The van der Waals surface area contributed by atoms with E-state index in [0.29, 0.717) is 11.7 Å². The third kappa shape index (κ3) is 2.97. The number of carbonyl (C=O) groups is 1. The van der Waals surface area contributed by atoms with Gasteiger partial charge in [-0.15, -0.1) is 0 Å². The Morgan fingerprint density at radius 1 is 1.50 bits per heavy atom. The van der Waals surface area contributed by atoms with Gasteiger partial charge in [0.15, 0.2) is 12.4 Å². The van der Waals surface area contributed by atoms with E-state index in [1.165, 1.54) is 25.1 Å². The molecule has 8 heteroatoms. The van der Waals surface area contributed by atoms with Gasteiger partial charge >= 0.3 is 0 Å². The Hall–Kier alpha value is -2.77. The fourth-order valence-corrected chi connectivity index (χ4v) is 1.57. The van der Waals surface area contributed by atoms with Gasteiger partial charge in [-0.1, -0.05) is 5.16 Å². The number of non-ortho nitro benzene ring substituents is 1. The Bertz CT molecular complexity index is 665. The van der Waals surface area contributed by atoms with Gasteiger partial charge in [-0.3, -0.25) is 14.9 Å². The van der Waals surface area contributed by atoms with Gasteiger partial charge in [0.2, 0.25) is 11.7 Å². The number of rotatable bonds is 5. The zero-order chi connectivity index (χ0) is 14.7. The number of nitro benzene ring substituents is 1. The van der Waals surface area contributed by atoms with E-state index < -0.39 is 4.92 Å². The molecule has 0 aliphatic carbocycles. The monoisotopic (exact) mass is 277 g/mol. The molecule has 1 heterocycles. The van der Waals surface area contributed by atoms with E-state index in [-0.39, 0.29) is 29.4 Å². The second kappa shape index (κ2) is 5.47. The van der Waals surface area contributed by atoms with Crippen LogP contribution in [0.15, 0.2) is 22.7 Å². The molecule has 0 aliphatic heterocycles. The van der Waals surface area contributed by atoms with Gasteiger partial charge in [0.25, 0.3) is 5.69 Å². The number of aromatic nitrogens is 2. The number of hydrogen-bond donors (Lipinski definition) is 0. The molecule has 0 amide bonds.